The number of likely N-dealkylation sites (tertiary alicyclic amines) is 1. The minimum absolute atomic E-state index is 0.627. The highest BCUT2D eigenvalue weighted by molar-refractivity contribution is 5.80. The van der Waals surface area contributed by atoms with Crippen molar-refractivity contribution >= 4 is 5.96 Å². The first-order valence-corrected chi connectivity index (χ1v) is 7.72. The second-order valence-electron chi connectivity index (χ2n) is 5.64. The highest BCUT2D eigenvalue weighted by Crippen LogP contribution is 2.19. The minimum Gasteiger partial charge on any atom is -0.356 e. The smallest absolute Gasteiger partial charge is 0.191 e. The first-order chi connectivity index (χ1) is 9.92. The monoisotopic (exact) mass is 272 g/mol. The van der Waals surface area contributed by atoms with Gasteiger partial charge in [0.15, 0.2) is 5.96 Å². The van der Waals surface area contributed by atoms with Gasteiger partial charge < -0.3 is 10.6 Å². The maximum atomic E-state index is 4.48. The molecule has 4 heteroatoms. The van der Waals surface area contributed by atoms with Crippen molar-refractivity contribution in [1.29, 1.82) is 0 Å². The van der Waals surface area contributed by atoms with Gasteiger partial charge in [0.25, 0.3) is 0 Å². The molecule has 4 nitrogen and oxygen atoms in total. The van der Waals surface area contributed by atoms with E-state index in [0.29, 0.717) is 6.04 Å². The van der Waals surface area contributed by atoms with E-state index in [4.69, 9.17) is 0 Å². The minimum atomic E-state index is 0.627. The van der Waals surface area contributed by atoms with E-state index in [1.165, 1.54) is 24.9 Å². The highest BCUT2D eigenvalue weighted by atomic mass is 15.2. The number of nitrogens with zero attached hydrogens (tertiary/aromatic N) is 2. The van der Waals surface area contributed by atoms with Gasteiger partial charge in [0.1, 0.15) is 0 Å². The Bertz CT molecular complexity index is 443. The van der Waals surface area contributed by atoms with E-state index >= 15 is 0 Å². The number of guanidine groups is 1. The van der Waals surface area contributed by atoms with Crippen LogP contribution in [0.15, 0.2) is 35.3 Å². The van der Waals surface area contributed by atoms with Gasteiger partial charge >= 0.3 is 0 Å². The van der Waals surface area contributed by atoms with Gasteiger partial charge in [0.05, 0.1) is 0 Å². The maximum absolute atomic E-state index is 4.48. The lowest BCUT2D eigenvalue weighted by molar-refractivity contribution is 0.245. The molecule has 1 unspecified atom stereocenters. The molecule has 0 bridgehead atoms. The molecule has 2 heterocycles. The van der Waals surface area contributed by atoms with Gasteiger partial charge in [0.2, 0.25) is 0 Å². The second kappa shape index (κ2) is 6.75. The molecule has 0 aliphatic carbocycles. The summed E-state index contributed by atoms with van der Waals surface area (Å²) in [7, 11) is 0. The second-order valence-corrected chi connectivity index (χ2v) is 5.64. The van der Waals surface area contributed by atoms with Crippen LogP contribution in [0.3, 0.4) is 0 Å². The zero-order valence-electron chi connectivity index (χ0n) is 12.0. The maximum Gasteiger partial charge on any atom is 0.191 e. The summed E-state index contributed by atoms with van der Waals surface area (Å²) in [6.45, 7) is 5.27. The quantitative estimate of drug-likeness (QED) is 0.874. The Hall–Kier alpha value is -1.55. The van der Waals surface area contributed by atoms with Crippen LogP contribution >= 0.6 is 0 Å². The van der Waals surface area contributed by atoms with Crippen LogP contribution in [0.5, 0.6) is 0 Å². The molecule has 0 spiro atoms. The van der Waals surface area contributed by atoms with Gasteiger partial charge in [-0.1, -0.05) is 30.3 Å². The molecule has 0 saturated carbocycles. The summed E-state index contributed by atoms with van der Waals surface area (Å²) < 4.78 is 0. The first-order valence-electron chi connectivity index (χ1n) is 7.72. The third-order valence-electron chi connectivity index (χ3n) is 4.13. The van der Waals surface area contributed by atoms with Crippen LogP contribution in [0, 0.1) is 0 Å². The van der Waals surface area contributed by atoms with Gasteiger partial charge in [-0.25, -0.2) is 0 Å². The average molecular weight is 272 g/mol. The Kier molecular flexibility index (Phi) is 4.53. The van der Waals surface area contributed by atoms with Gasteiger partial charge in [0, 0.05) is 32.2 Å². The normalized spacial score (nSPS) is 23.2. The van der Waals surface area contributed by atoms with E-state index in [0.717, 1.165) is 38.6 Å². The molecule has 1 aromatic carbocycles. The molecule has 1 saturated heterocycles. The third-order valence-corrected chi connectivity index (χ3v) is 4.13. The fraction of sp³-hybridized carbons (Fsp3) is 0.562. The third kappa shape index (κ3) is 3.51. The molecule has 1 atom stereocenters. The number of hydrogen-bond donors (Lipinski definition) is 2. The highest BCUT2D eigenvalue weighted by Gasteiger charge is 2.24. The van der Waals surface area contributed by atoms with Gasteiger partial charge in [-0.05, 0) is 31.4 Å². The summed E-state index contributed by atoms with van der Waals surface area (Å²) in [6, 6.07) is 11.4. The number of rotatable bonds is 4. The number of aliphatic imine (C=N–C) groups is 1. The summed E-state index contributed by atoms with van der Waals surface area (Å²) >= 11 is 0. The molecule has 2 aliphatic heterocycles. The SMILES string of the molecule is c1ccc(CN2CCCC2CNC2=NCCCN2)cc1. The summed E-state index contributed by atoms with van der Waals surface area (Å²) in [5, 5.41) is 6.80. The molecule has 0 amide bonds. The first kappa shape index (κ1) is 13.4. The summed E-state index contributed by atoms with van der Waals surface area (Å²) in [6.07, 6.45) is 3.74. The van der Waals surface area contributed by atoms with Crippen molar-refractivity contribution in [3.8, 4) is 0 Å². The summed E-state index contributed by atoms with van der Waals surface area (Å²) in [5.41, 5.74) is 1.41. The zero-order chi connectivity index (χ0) is 13.6. The van der Waals surface area contributed by atoms with Crippen LogP contribution in [-0.4, -0.2) is 43.1 Å². The Labute approximate surface area is 121 Å². The van der Waals surface area contributed by atoms with E-state index in [1.807, 2.05) is 0 Å². The average Bonchev–Trinajstić information content (AvgIpc) is 2.94. The molecule has 0 radical (unpaired) electrons. The molecule has 2 aliphatic rings. The molecule has 20 heavy (non-hydrogen) atoms. The van der Waals surface area contributed by atoms with E-state index in [-0.39, 0.29) is 0 Å². The standard InChI is InChI=1S/C16H24N4/c1-2-6-14(7-3-1)13-20-11-4-8-15(20)12-19-16-17-9-5-10-18-16/h1-3,6-7,15H,4-5,8-13H2,(H2,17,18,19). The molecule has 0 aromatic heterocycles. The van der Waals surface area contributed by atoms with Crippen molar-refractivity contribution in [1.82, 2.24) is 15.5 Å². The molecule has 2 N–H and O–H groups in total. The lowest BCUT2D eigenvalue weighted by Crippen LogP contribution is -2.46. The van der Waals surface area contributed by atoms with Crippen LogP contribution < -0.4 is 10.6 Å². The molecular weight excluding hydrogens is 248 g/mol. The van der Waals surface area contributed by atoms with Gasteiger partial charge in [-0.3, -0.25) is 9.89 Å². The van der Waals surface area contributed by atoms with Crippen LogP contribution in [-0.2, 0) is 6.54 Å². The molecule has 1 fully saturated rings. The predicted octanol–water partition coefficient (Wildman–Crippen LogP) is 1.59. The summed E-state index contributed by atoms with van der Waals surface area (Å²) in [5.74, 6) is 0.989. The largest absolute Gasteiger partial charge is 0.356 e. The zero-order valence-corrected chi connectivity index (χ0v) is 12.0. The van der Waals surface area contributed by atoms with Crippen LogP contribution in [0.2, 0.25) is 0 Å². The van der Waals surface area contributed by atoms with E-state index in [9.17, 15) is 0 Å². The van der Waals surface area contributed by atoms with Gasteiger partial charge in [-0.15, -0.1) is 0 Å². The van der Waals surface area contributed by atoms with Crippen molar-refractivity contribution in [2.24, 2.45) is 4.99 Å². The lowest BCUT2D eigenvalue weighted by atomic mass is 10.2. The number of hydrogen-bond acceptors (Lipinski definition) is 4. The van der Waals surface area contributed by atoms with Crippen molar-refractivity contribution in [3.63, 3.8) is 0 Å². The summed E-state index contributed by atoms with van der Waals surface area (Å²) in [4.78, 5) is 7.06. The Morgan fingerprint density at radius 2 is 2.15 bits per heavy atom. The van der Waals surface area contributed by atoms with Gasteiger partial charge in [-0.2, -0.15) is 0 Å². The van der Waals surface area contributed by atoms with Crippen LogP contribution in [0.25, 0.3) is 0 Å². The Balaban J connectivity index is 1.51. The van der Waals surface area contributed by atoms with Crippen LogP contribution in [0.1, 0.15) is 24.8 Å². The Morgan fingerprint density at radius 3 is 2.95 bits per heavy atom. The number of benzene rings is 1. The number of nitrogens with one attached hydrogen (secondary N) is 2. The molecule has 108 valence electrons. The Morgan fingerprint density at radius 1 is 1.25 bits per heavy atom. The fourth-order valence-corrected chi connectivity index (χ4v) is 3.02. The van der Waals surface area contributed by atoms with E-state index in [2.05, 4.69) is 50.9 Å². The van der Waals surface area contributed by atoms with Crippen molar-refractivity contribution in [2.45, 2.75) is 31.8 Å². The fourth-order valence-electron chi connectivity index (χ4n) is 3.02. The molecular formula is C16H24N4. The van der Waals surface area contributed by atoms with E-state index in [1.54, 1.807) is 0 Å². The lowest BCUT2D eigenvalue weighted by Gasteiger charge is -2.26. The van der Waals surface area contributed by atoms with Crippen molar-refractivity contribution in [3.05, 3.63) is 35.9 Å². The van der Waals surface area contributed by atoms with E-state index < -0.39 is 0 Å². The van der Waals surface area contributed by atoms with Crippen molar-refractivity contribution < 1.29 is 0 Å². The van der Waals surface area contributed by atoms with Crippen LogP contribution in [0.4, 0.5) is 0 Å². The van der Waals surface area contributed by atoms with Crippen molar-refractivity contribution in [2.75, 3.05) is 26.2 Å². The topological polar surface area (TPSA) is 39.7 Å². The molecule has 1 aromatic rings. The molecule has 3 rings (SSSR count). The predicted molar refractivity (Wildman–Crippen MR) is 82.8 cm³/mol.